The van der Waals surface area contributed by atoms with E-state index in [4.69, 9.17) is 23.2 Å². The zero-order chi connectivity index (χ0) is 15.6. The molecule has 2 rings (SSSR count). The van der Waals surface area contributed by atoms with Crippen LogP contribution >= 0.6 is 23.2 Å². The van der Waals surface area contributed by atoms with E-state index in [1.165, 1.54) is 12.1 Å². The molecule has 112 valence electrons. The van der Waals surface area contributed by atoms with Crippen LogP contribution in [0.5, 0.6) is 0 Å². The summed E-state index contributed by atoms with van der Waals surface area (Å²) in [5.74, 6) is -0.284. The van der Waals surface area contributed by atoms with Crippen molar-refractivity contribution in [3.05, 3.63) is 69.5 Å². The number of halogens is 3. The van der Waals surface area contributed by atoms with Crippen LogP contribution in [0.25, 0.3) is 0 Å². The molecule has 0 aliphatic carbocycles. The second kappa shape index (κ2) is 6.35. The van der Waals surface area contributed by atoms with Crippen LogP contribution < -0.4 is 0 Å². The molecule has 1 N–H and O–H groups in total. The number of rotatable bonds is 4. The highest BCUT2D eigenvalue weighted by atomic mass is 35.5. The normalized spacial score (nSPS) is 13.2. The molecule has 0 radical (unpaired) electrons. The van der Waals surface area contributed by atoms with Gasteiger partial charge in [-0.3, -0.25) is 0 Å². The number of aliphatic hydroxyl groups is 1. The van der Waals surface area contributed by atoms with Gasteiger partial charge in [0.1, 0.15) is 5.82 Å². The summed E-state index contributed by atoms with van der Waals surface area (Å²) in [5, 5.41) is 11.5. The van der Waals surface area contributed by atoms with Crippen molar-refractivity contribution >= 4 is 23.2 Å². The Kier molecular flexibility index (Phi) is 4.92. The maximum atomic E-state index is 13.0. The number of hydrogen-bond donors (Lipinski definition) is 1. The van der Waals surface area contributed by atoms with Crippen molar-refractivity contribution in [2.75, 3.05) is 0 Å². The summed E-state index contributed by atoms with van der Waals surface area (Å²) in [6.45, 7) is 3.87. The minimum Gasteiger partial charge on any atom is -0.392 e. The Balaban J connectivity index is 2.19. The van der Waals surface area contributed by atoms with E-state index in [0.717, 1.165) is 11.1 Å². The maximum absolute atomic E-state index is 13.0. The molecule has 1 unspecified atom stereocenters. The Labute approximate surface area is 134 Å². The molecular weight excluding hydrogens is 310 g/mol. The summed E-state index contributed by atoms with van der Waals surface area (Å²) in [4.78, 5) is 0. The molecular formula is C17H17Cl2FO. The molecule has 2 aromatic carbocycles. The van der Waals surface area contributed by atoms with Crippen molar-refractivity contribution < 1.29 is 9.50 Å². The Hall–Kier alpha value is -1.09. The fourth-order valence-corrected chi connectivity index (χ4v) is 2.54. The van der Waals surface area contributed by atoms with Gasteiger partial charge in [0, 0.05) is 5.41 Å². The first-order valence-electron chi connectivity index (χ1n) is 6.69. The predicted molar refractivity (Wildman–Crippen MR) is 85.6 cm³/mol. The third-order valence-electron chi connectivity index (χ3n) is 3.83. The van der Waals surface area contributed by atoms with Gasteiger partial charge in [0.25, 0.3) is 0 Å². The van der Waals surface area contributed by atoms with E-state index in [-0.39, 0.29) is 5.82 Å². The molecule has 1 nitrogen and oxygen atoms in total. The number of aliphatic hydroxyl groups excluding tert-OH is 1. The molecule has 0 spiro atoms. The molecule has 0 aliphatic rings. The molecule has 0 aromatic heterocycles. The molecule has 21 heavy (non-hydrogen) atoms. The van der Waals surface area contributed by atoms with E-state index >= 15 is 0 Å². The summed E-state index contributed by atoms with van der Waals surface area (Å²) in [6.07, 6.45) is -0.179. The third-order valence-corrected chi connectivity index (χ3v) is 4.57. The van der Waals surface area contributed by atoms with Gasteiger partial charge in [-0.25, -0.2) is 4.39 Å². The van der Waals surface area contributed by atoms with E-state index in [1.807, 2.05) is 19.9 Å². The minimum atomic E-state index is -0.625. The second-order valence-corrected chi connectivity index (χ2v) is 6.51. The summed E-state index contributed by atoms with van der Waals surface area (Å²) in [6, 6.07) is 11.5. The smallest absolute Gasteiger partial charge is 0.123 e. The molecule has 0 amide bonds. The highest BCUT2D eigenvalue weighted by Crippen LogP contribution is 2.30. The largest absolute Gasteiger partial charge is 0.392 e. The average molecular weight is 327 g/mol. The van der Waals surface area contributed by atoms with Crippen molar-refractivity contribution in [3.63, 3.8) is 0 Å². The van der Waals surface area contributed by atoms with Crippen LogP contribution in [-0.2, 0) is 11.8 Å². The second-order valence-electron chi connectivity index (χ2n) is 5.70. The number of hydrogen-bond acceptors (Lipinski definition) is 1. The highest BCUT2D eigenvalue weighted by Gasteiger charge is 2.30. The third kappa shape index (κ3) is 3.76. The standard InChI is InChI=1S/C17H17Cl2FO/c1-17(2,12-4-6-13(20)7-5-12)16(21)10-11-3-8-14(18)15(19)9-11/h3-9,16,21H,10H2,1-2H3. The first kappa shape index (κ1) is 16.3. The summed E-state index contributed by atoms with van der Waals surface area (Å²) in [5.41, 5.74) is 1.29. The lowest BCUT2D eigenvalue weighted by Crippen LogP contribution is -2.35. The Morgan fingerprint density at radius 1 is 1.05 bits per heavy atom. The van der Waals surface area contributed by atoms with Gasteiger partial charge in [0.2, 0.25) is 0 Å². The van der Waals surface area contributed by atoms with Gasteiger partial charge in [-0.1, -0.05) is 55.2 Å². The molecule has 0 fully saturated rings. The first-order valence-corrected chi connectivity index (χ1v) is 7.44. The van der Waals surface area contributed by atoms with E-state index in [2.05, 4.69) is 0 Å². The highest BCUT2D eigenvalue weighted by molar-refractivity contribution is 6.42. The summed E-state index contributed by atoms with van der Waals surface area (Å²) < 4.78 is 13.0. The van der Waals surface area contributed by atoms with E-state index in [1.54, 1.807) is 24.3 Å². The lowest BCUT2D eigenvalue weighted by atomic mass is 9.77. The lowest BCUT2D eigenvalue weighted by Gasteiger charge is -2.31. The van der Waals surface area contributed by atoms with Gasteiger partial charge < -0.3 is 5.11 Å². The SMILES string of the molecule is CC(C)(c1ccc(F)cc1)C(O)Cc1ccc(Cl)c(Cl)c1. The van der Waals surface area contributed by atoms with Crippen molar-refractivity contribution in [1.82, 2.24) is 0 Å². The fraction of sp³-hybridized carbons (Fsp3) is 0.294. The maximum Gasteiger partial charge on any atom is 0.123 e. The van der Waals surface area contributed by atoms with Crippen LogP contribution in [0.1, 0.15) is 25.0 Å². The molecule has 0 saturated carbocycles. The lowest BCUT2D eigenvalue weighted by molar-refractivity contribution is 0.0999. The van der Waals surface area contributed by atoms with Gasteiger partial charge in [-0.2, -0.15) is 0 Å². The van der Waals surface area contributed by atoms with Crippen molar-refractivity contribution in [2.24, 2.45) is 0 Å². The summed E-state index contributed by atoms with van der Waals surface area (Å²) in [7, 11) is 0. The van der Waals surface area contributed by atoms with Crippen LogP contribution in [0.4, 0.5) is 4.39 Å². The van der Waals surface area contributed by atoms with Crippen LogP contribution in [0.15, 0.2) is 42.5 Å². The molecule has 0 bridgehead atoms. The van der Waals surface area contributed by atoms with Crippen LogP contribution in [0.3, 0.4) is 0 Å². The predicted octanol–water partition coefficient (Wildman–Crippen LogP) is 5.01. The van der Waals surface area contributed by atoms with E-state index < -0.39 is 11.5 Å². The van der Waals surface area contributed by atoms with Crippen molar-refractivity contribution in [2.45, 2.75) is 31.8 Å². The zero-order valence-electron chi connectivity index (χ0n) is 11.9. The Bertz CT molecular complexity index is 623. The Morgan fingerprint density at radius 2 is 1.67 bits per heavy atom. The zero-order valence-corrected chi connectivity index (χ0v) is 13.4. The van der Waals surface area contributed by atoms with Gasteiger partial charge in [0.15, 0.2) is 0 Å². The first-order chi connectivity index (χ1) is 9.80. The van der Waals surface area contributed by atoms with Gasteiger partial charge >= 0.3 is 0 Å². The van der Waals surface area contributed by atoms with Gasteiger partial charge in [-0.05, 0) is 41.8 Å². The molecule has 0 heterocycles. The van der Waals surface area contributed by atoms with Crippen molar-refractivity contribution in [3.8, 4) is 0 Å². The monoisotopic (exact) mass is 326 g/mol. The molecule has 0 aliphatic heterocycles. The summed E-state index contributed by atoms with van der Waals surface area (Å²) >= 11 is 11.9. The van der Waals surface area contributed by atoms with Crippen LogP contribution in [0.2, 0.25) is 10.0 Å². The topological polar surface area (TPSA) is 20.2 Å². The van der Waals surface area contributed by atoms with Gasteiger partial charge in [0.05, 0.1) is 16.1 Å². The molecule has 1 atom stereocenters. The van der Waals surface area contributed by atoms with Gasteiger partial charge in [-0.15, -0.1) is 0 Å². The molecule has 0 saturated heterocycles. The fourth-order valence-electron chi connectivity index (χ4n) is 2.22. The quantitative estimate of drug-likeness (QED) is 0.836. The molecule has 2 aromatic rings. The average Bonchev–Trinajstić information content (AvgIpc) is 2.43. The molecule has 4 heteroatoms. The minimum absolute atomic E-state index is 0.284. The van der Waals surface area contributed by atoms with E-state index in [9.17, 15) is 9.50 Å². The van der Waals surface area contributed by atoms with E-state index in [0.29, 0.717) is 16.5 Å². The van der Waals surface area contributed by atoms with Crippen LogP contribution in [0, 0.1) is 5.82 Å². The van der Waals surface area contributed by atoms with Crippen molar-refractivity contribution in [1.29, 1.82) is 0 Å². The van der Waals surface area contributed by atoms with Crippen LogP contribution in [-0.4, -0.2) is 11.2 Å². The Morgan fingerprint density at radius 3 is 2.24 bits per heavy atom. The number of benzene rings is 2.